The highest BCUT2D eigenvalue weighted by Crippen LogP contribution is 2.27. The highest BCUT2D eigenvalue weighted by Gasteiger charge is 2.14. The van der Waals surface area contributed by atoms with Crippen molar-refractivity contribution in [1.29, 1.82) is 0 Å². The van der Waals surface area contributed by atoms with Crippen molar-refractivity contribution in [3.63, 3.8) is 0 Å². The molecule has 20 heavy (non-hydrogen) atoms. The normalized spacial score (nSPS) is 10.1. The fourth-order valence-corrected chi connectivity index (χ4v) is 1.99. The Balaban J connectivity index is 2.21. The molecule has 0 heterocycles. The summed E-state index contributed by atoms with van der Waals surface area (Å²) in [5.41, 5.74) is 0.514. The Morgan fingerprint density at radius 2 is 1.85 bits per heavy atom. The Morgan fingerprint density at radius 1 is 1.20 bits per heavy atom. The van der Waals surface area contributed by atoms with Crippen molar-refractivity contribution in [2.75, 3.05) is 5.32 Å². The van der Waals surface area contributed by atoms with Crippen molar-refractivity contribution in [1.82, 2.24) is 0 Å². The number of nitrogens with zero attached hydrogens (tertiary/aromatic N) is 1. The molecule has 0 atom stereocenters. The number of nitro benzene ring substituents is 1. The zero-order valence-electron chi connectivity index (χ0n) is 9.97. The van der Waals surface area contributed by atoms with E-state index >= 15 is 0 Å². The Morgan fingerprint density at radius 3 is 2.45 bits per heavy atom. The van der Waals surface area contributed by atoms with Crippen LogP contribution >= 0.6 is 27.5 Å². The maximum atomic E-state index is 12.0. The quantitative estimate of drug-likeness (QED) is 0.660. The Hall–Kier alpha value is -1.92. The minimum absolute atomic E-state index is 0.0247. The number of halogens is 2. The van der Waals surface area contributed by atoms with E-state index in [1.54, 1.807) is 24.3 Å². The van der Waals surface area contributed by atoms with Crippen LogP contribution in [0.15, 0.2) is 46.9 Å². The Labute approximate surface area is 127 Å². The molecule has 0 radical (unpaired) electrons. The molecule has 0 saturated heterocycles. The molecule has 0 aromatic heterocycles. The van der Waals surface area contributed by atoms with Crippen LogP contribution in [0.25, 0.3) is 0 Å². The molecular formula is C13H8BrClN2O3. The lowest BCUT2D eigenvalue weighted by Crippen LogP contribution is -2.11. The first-order chi connectivity index (χ1) is 9.47. The monoisotopic (exact) mass is 354 g/mol. The van der Waals surface area contributed by atoms with E-state index < -0.39 is 4.92 Å². The van der Waals surface area contributed by atoms with Gasteiger partial charge in [-0.15, -0.1) is 0 Å². The number of amides is 1. The first-order valence-corrected chi connectivity index (χ1v) is 6.65. The molecule has 1 amide bonds. The Kier molecular flexibility index (Phi) is 4.36. The smallest absolute Gasteiger partial charge is 0.289 e. The van der Waals surface area contributed by atoms with E-state index in [2.05, 4.69) is 21.2 Å². The number of nitro groups is 1. The first-order valence-electron chi connectivity index (χ1n) is 5.48. The van der Waals surface area contributed by atoms with Gasteiger partial charge in [0.2, 0.25) is 0 Å². The fourth-order valence-electron chi connectivity index (χ4n) is 1.53. The third-order valence-electron chi connectivity index (χ3n) is 2.51. The third-order valence-corrected chi connectivity index (χ3v) is 3.36. The van der Waals surface area contributed by atoms with Crippen molar-refractivity contribution in [2.24, 2.45) is 0 Å². The van der Waals surface area contributed by atoms with Crippen molar-refractivity contribution in [3.8, 4) is 0 Å². The lowest BCUT2D eigenvalue weighted by atomic mass is 10.2. The summed E-state index contributed by atoms with van der Waals surface area (Å²) in [5.74, 6) is -0.353. The average Bonchev–Trinajstić information content (AvgIpc) is 2.41. The second kappa shape index (κ2) is 6.02. The summed E-state index contributed by atoms with van der Waals surface area (Å²) in [6.45, 7) is 0. The zero-order valence-corrected chi connectivity index (χ0v) is 12.3. The fraction of sp³-hybridized carbons (Fsp3) is 0. The van der Waals surface area contributed by atoms with Crippen molar-refractivity contribution in [2.45, 2.75) is 0 Å². The summed E-state index contributed by atoms with van der Waals surface area (Å²) in [6, 6.07) is 10.9. The zero-order chi connectivity index (χ0) is 14.7. The molecule has 0 saturated carbocycles. The number of hydrogen-bond acceptors (Lipinski definition) is 3. The predicted molar refractivity (Wildman–Crippen MR) is 80.2 cm³/mol. The van der Waals surface area contributed by atoms with Crippen LogP contribution in [0.2, 0.25) is 5.02 Å². The summed E-state index contributed by atoms with van der Waals surface area (Å²) in [5, 5.41) is 13.4. The molecule has 0 aliphatic heterocycles. The van der Waals surface area contributed by atoms with Gasteiger partial charge in [0.15, 0.2) is 0 Å². The maximum absolute atomic E-state index is 12.0. The van der Waals surface area contributed by atoms with E-state index in [0.29, 0.717) is 11.3 Å². The van der Waals surface area contributed by atoms with Gasteiger partial charge in [0.25, 0.3) is 11.6 Å². The van der Waals surface area contributed by atoms with Crippen LogP contribution in [0, 0.1) is 10.1 Å². The molecule has 1 N–H and O–H groups in total. The SMILES string of the molecule is O=C(Nc1ccc(Cl)c([N+](=O)[O-])c1)c1ccc(Br)cc1. The van der Waals surface area contributed by atoms with Crippen LogP contribution in [0.1, 0.15) is 10.4 Å². The van der Waals surface area contributed by atoms with Gasteiger partial charge in [0.1, 0.15) is 5.02 Å². The van der Waals surface area contributed by atoms with Crippen LogP contribution in [-0.2, 0) is 0 Å². The van der Waals surface area contributed by atoms with Gasteiger partial charge in [0, 0.05) is 21.8 Å². The van der Waals surface area contributed by atoms with Crippen LogP contribution in [0.3, 0.4) is 0 Å². The van der Waals surface area contributed by atoms with E-state index in [9.17, 15) is 14.9 Å². The summed E-state index contributed by atoms with van der Waals surface area (Å²) < 4.78 is 0.858. The topological polar surface area (TPSA) is 72.2 Å². The molecular weight excluding hydrogens is 348 g/mol. The molecule has 0 bridgehead atoms. The second-order valence-corrected chi connectivity index (χ2v) is 5.21. The molecule has 2 rings (SSSR count). The Bertz CT molecular complexity index is 674. The van der Waals surface area contributed by atoms with E-state index in [0.717, 1.165) is 4.47 Å². The van der Waals surface area contributed by atoms with Crippen LogP contribution in [-0.4, -0.2) is 10.8 Å². The standard InChI is InChI=1S/C13H8BrClN2O3/c14-9-3-1-8(2-4-9)13(18)16-10-5-6-11(15)12(7-10)17(19)20/h1-7H,(H,16,18). The van der Waals surface area contributed by atoms with Gasteiger partial charge in [0.05, 0.1) is 4.92 Å². The number of carbonyl (C=O) groups excluding carboxylic acids is 1. The molecule has 102 valence electrons. The lowest BCUT2D eigenvalue weighted by Gasteiger charge is -2.06. The maximum Gasteiger partial charge on any atom is 0.289 e. The van der Waals surface area contributed by atoms with E-state index in [1.165, 1.54) is 18.2 Å². The largest absolute Gasteiger partial charge is 0.322 e. The third kappa shape index (κ3) is 3.34. The molecule has 0 unspecified atom stereocenters. The number of carbonyl (C=O) groups is 1. The van der Waals surface area contributed by atoms with Crippen molar-refractivity contribution < 1.29 is 9.72 Å². The molecule has 0 spiro atoms. The molecule has 0 fully saturated rings. The van der Waals surface area contributed by atoms with Gasteiger partial charge in [-0.1, -0.05) is 27.5 Å². The highest BCUT2D eigenvalue weighted by atomic mass is 79.9. The van der Waals surface area contributed by atoms with Gasteiger partial charge in [-0.2, -0.15) is 0 Å². The molecule has 7 heteroatoms. The van der Waals surface area contributed by atoms with Crippen LogP contribution in [0.5, 0.6) is 0 Å². The van der Waals surface area contributed by atoms with Gasteiger partial charge in [-0.3, -0.25) is 14.9 Å². The van der Waals surface area contributed by atoms with E-state index in [-0.39, 0.29) is 16.6 Å². The molecule has 0 aliphatic rings. The minimum atomic E-state index is -0.600. The van der Waals surface area contributed by atoms with Gasteiger partial charge in [-0.05, 0) is 36.4 Å². The molecule has 0 aliphatic carbocycles. The lowest BCUT2D eigenvalue weighted by molar-refractivity contribution is -0.384. The molecule has 2 aromatic rings. The van der Waals surface area contributed by atoms with Gasteiger partial charge >= 0.3 is 0 Å². The van der Waals surface area contributed by atoms with E-state index in [4.69, 9.17) is 11.6 Å². The van der Waals surface area contributed by atoms with Crippen molar-refractivity contribution >= 4 is 44.8 Å². The van der Waals surface area contributed by atoms with Crippen LogP contribution in [0.4, 0.5) is 11.4 Å². The molecule has 5 nitrogen and oxygen atoms in total. The number of anilines is 1. The summed E-state index contributed by atoms with van der Waals surface area (Å²) in [6.07, 6.45) is 0. The molecule has 2 aromatic carbocycles. The highest BCUT2D eigenvalue weighted by molar-refractivity contribution is 9.10. The van der Waals surface area contributed by atoms with E-state index in [1.807, 2.05) is 0 Å². The van der Waals surface area contributed by atoms with Gasteiger partial charge < -0.3 is 5.32 Å². The summed E-state index contributed by atoms with van der Waals surface area (Å²) in [7, 11) is 0. The average molecular weight is 356 g/mol. The minimum Gasteiger partial charge on any atom is -0.322 e. The first kappa shape index (κ1) is 14.5. The van der Waals surface area contributed by atoms with Crippen molar-refractivity contribution in [3.05, 3.63) is 67.6 Å². The summed E-state index contributed by atoms with van der Waals surface area (Å²) >= 11 is 8.98. The summed E-state index contributed by atoms with van der Waals surface area (Å²) in [4.78, 5) is 22.1. The van der Waals surface area contributed by atoms with Gasteiger partial charge in [-0.25, -0.2) is 0 Å². The predicted octanol–water partition coefficient (Wildman–Crippen LogP) is 4.26. The number of rotatable bonds is 3. The second-order valence-electron chi connectivity index (χ2n) is 3.88. The van der Waals surface area contributed by atoms with Crippen LogP contribution < -0.4 is 5.32 Å². The number of nitrogens with one attached hydrogen (secondary N) is 1. The number of benzene rings is 2. The number of hydrogen-bond donors (Lipinski definition) is 1.